The number of hydrogen-bond acceptors (Lipinski definition) is 1. The van der Waals surface area contributed by atoms with E-state index in [1.54, 1.807) is 0 Å². The third-order valence-corrected chi connectivity index (χ3v) is 3.23. The van der Waals surface area contributed by atoms with Crippen LogP contribution in [0.25, 0.3) is 0 Å². The highest BCUT2D eigenvalue weighted by molar-refractivity contribution is 4.95. The van der Waals surface area contributed by atoms with Crippen molar-refractivity contribution in [3.8, 4) is 11.8 Å². The summed E-state index contributed by atoms with van der Waals surface area (Å²) in [6.45, 7) is 17.1. The van der Waals surface area contributed by atoms with E-state index in [-0.39, 0.29) is 0 Å². The molecule has 0 unspecified atom stereocenters. The van der Waals surface area contributed by atoms with E-state index in [1.165, 1.54) is 32.4 Å². The Labute approximate surface area is 116 Å². The lowest BCUT2D eigenvalue weighted by Gasteiger charge is -2.34. The van der Waals surface area contributed by atoms with Crippen LogP contribution in [0.2, 0.25) is 0 Å². The van der Waals surface area contributed by atoms with Crippen LogP contribution in [0, 0.1) is 17.8 Å². The van der Waals surface area contributed by atoms with Gasteiger partial charge in [-0.1, -0.05) is 27.7 Å². The Morgan fingerprint density at radius 3 is 1.94 bits per heavy atom. The molecule has 0 N–H and O–H groups in total. The van der Waals surface area contributed by atoms with Crippen molar-refractivity contribution >= 4 is 0 Å². The van der Waals surface area contributed by atoms with Gasteiger partial charge in [0.1, 0.15) is 0 Å². The first-order valence-corrected chi connectivity index (χ1v) is 7.87. The van der Waals surface area contributed by atoms with Crippen molar-refractivity contribution in [2.45, 2.75) is 80.2 Å². The van der Waals surface area contributed by atoms with Crippen LogP contribution in [-0.2, 0) is 0 Å². The Hall–Kier alpha value is -0.480. The Bertz CT molecular complexity index is 201. The fourth-order valence-electron chi connectivity index (χ4n) is 2.16. The van der Waals surface area contributed by atoms with Crippen molar-refractivity contribution in [2.24, 2.45) is 5.92 Å². The number of rotatable bonds is 3. The SMILES string of the molecule is CC.CC.CC#CCCC1CCN(C(C)C)CC1. The van der Waals surface area contributed by atoms with E-state index < -0.39 is 0 Å². The summed E-state index contributed by atoms with van der Waals surface area (Å²) in [4.78, 5) is 2.59. The molecule has 1 heterocycles. The molecule has 0 amide bonds. The van der Waals surface area contributed by atoms with Crippen molar-refractivity contribution in [3.63, 3.8) is 0 Å². The topological polar surface area (TPSA) is 3.24 Å². The van der Waals surface area contributed by atoms with Crippen LogP contribution >= 0.6 is 0 Å². The first-order chi connectivity index (χ1) is 8.74. The lowest BCUT2D eigenvalue weighted by atomic mass is 9.92. The van der Waals surface area contributed by atoms with Gasteiger partial charge in [-0.15, -0.1) is 11.8 Å². The monoisotopic (exact) mass is 253 g/mol. The molecule has 1 nitrogen and oxygen atoms in total. The van der Waals surface area contributed by atoms with Gasteiger partial charge in [0.15, 0.2) is 0 Å². The van der Waals surface area contributed by atoms with Crippen LogP contribution in [0.1, 0.15) is 74.1 Å². The fraction of sp³-hybridized carbons (Fsp3) is 0.882. The molecule has 0 aromatic carbocycles. The largest absolute Gasteiger partial charge is 0.301 e. The quantitative estimate of drug-likeness (QED) is 0.642. The van der Waals surface area contributed by atoms with Gasteiger partial charge in [-0.3, -0.25) is 0 Å². The first-order valence-electron chi connectivity index (χ1n) is 7.87. The number of hydrogen-bond donors (Lipinski definition) is 0. The Morgan fingerprint density at radius 1 is 1.06 bits per heavy atom. The van der Waals surface area contributed by atoms with E-state index in [0.717, 1.165) is 18.4 Å². The van der Waals surface area contributed by atoms with Gasteiger partial charge in [0, 0.05) is 12.5 Å². The highest BCUT2D eigenvalue weighted by Gasteiger charge is 2.19. The second-order valence-electron chi connectivity index (χ2n) is 4.54. The maximum absolute atomic E-state index is 3.17. The highest BCUT2D eigenvalue weighted by atomic mass is 15.1. The third kappa shape index (κ3) is 9.54. The summed E-state index contributed by atoms with van der Waals surface area (Å²) < 4.78 is 0. The molecule has 0 saturated carbocycles. The summed E-state index contributed by atoms with van der Waals surface area (Å²) >= 11 is 0. The molecule has 1 saturated heterocycles. The van der Waals surface area contributed by atoms with E-state index in [0.29, 0.717) is 0 Å². The molecule has 0 radical (unpaired) electrons. The zero-order valence-electron chi connectivity index (χ0n) is 13.8. The lowest BCUT2D eigenvalue weighted by molar-refractivity contribution is 0.146. The molecule has 0 atom stereocenters. The van der Waals surface area contributed by atoms with Gasteiger partial charge >= 0.3 is 0 Å². The van der Waals surface area contributed by atoms with Crippen molar-refractivity contribution in [1.82, 2.24) is 4.90 Å². The Balaban J connectivity index is 0. The number of piperidine rings is 1. The summed E-state index contributed by atoms with van der Waals surface area (Å²) in [5.74, 6) is 7.08. The van der Waals surface area contributed by atoms with Gasteiger partial charge in [0.2, 0.25) is 0 Å². The van der Waals surface area contributed by atoms with Gasteiger partial charge in [-0.25, -0.2) is 0 Å². The molecule has 1 heteroatoms. The van der Waals surface area contributed by atoms with E-state index in [9.17, 15) is 0 Å². The molecular formula is C17H35N. The first kappa shape index (κ1) is 19.9. The molecule has 0 spiro atoms. The summed E-state index contributed by atoms with van der Waals surface area (Å²) in [7, 11) is 0. The zero-order valence-corrected chi connectivity index (χ0v) is 13.8. The number of nitrogens with zero attached hydrogens (tertiary/aromatic N) is 1. The Morgan fingerprint density at radius 2 is 1.56 bits per heavy atom. The summed E-state index contributed by atoms with van der Waals surface area (Å²) in [6, 6.07) is 0.728. The zero-order chi connectivity index (χ0) is 14.4. The molecular weight excluding hydrogens is 218 g/mol. The van der Waals surface area contributed by atoms with Crippen LogP contribution in [0.15, 0.2) is 0 Å². The van der Waals surface area contributed by atoms with Crippen molar-refractivity contribution in [3.05, 3.63) is 0 Å². The second kappa shape index (κ2) is 14.6. The third-order valence-electron chi connectivity index (χ3n) is 3.23. The van der Waals surface area contributed by atoms with Gasteiger partial charge < -0.3 is 4.90 Å². The fourth-order valence-corrected chi connectivity index (χ4v) is 2.16. The minimum Gasteiger partial charge on any atom is -0.301 e. The maximum atomic E-state index is 3.17. The van der Waals surface area contributed by atoms with Crippen LogP contribution in [0.5, 0.6) is 0 Å². The van der Waals surface area contributed by atoms with E-state index in [2.05, 4.69) is 30.6 Å². The summed E-state index contributed by atoms with van der Waals surface area (Å²) in [6.07, 6.45) is 5.17. The van der Waals surface area contributed by atoms with Gasteiger partial charge in [-0.2, -0.15) is 0 Å². The average molecular weight is 253 g/mol. The standard InChI is InChI=1S/C13H23N.2C2H6/c1-4-5-6-7-13-8-10-14(11-9-13)12(2)3;2*1-2/h12-13H,6-11H2,1-3H3;2*1-2H3. The highest BCUT2D eigenvalue weighted by Crippen LogP contribution is 2.22. The van der Waals surface area contributed by atoms with Gasteiger partial charge in [0.05, 0.1) is 0 Å². The van der Waals surface area contributed by atoms with Crippen molar-refractivity contribution in [1.29, 1.82) is 0 Å². The van der Waals surface area contributed by atoms with Gasteiger partial charge in [0.25, 0.3) is 0 Å². The van der Waals surface area contributed by atoms with Crippen LogP contribution < -0.4 is 0 Å². The predicted molar refractivity (Wildman–Crippen MR) is 84.8 cm³/mol. The van der Waals surface area contributed by atoms with Gasteiger partial charge in [-0.05, 0) is 59.0 Å². The molecule has 1 aliphatic heterocycles. The molecule has 0 aliphatic carbocycles. The molecule has 1 rings (SSSR count). The predicted octanol–water partition coefficient (Wildman–Crippen LogP) is 4.96. The van der Waals surface area contributed by atoms with E-state index in [1.807, 2.05) is 34.6 Å². The van der Waals surface area contributed by atoms with Crippen molar-refractivity contribution < 1.29 is 0 Å². The molecule has 0 bridgehead atoms. The average Bonchev–Trinajstić information content (AvgIpc) is 2.44. The van der Waals surface area contributed by atoms with Crippen molar-refractivity contribution in [2.75, 3.05) is 13.1 Å². The minimum absolute atomic E-state index is 0.728. The molecule has 18 heavy (non-hydrogen) atoms. The second-order valence-corrected chi connectivity index (χ2v) is 4.54. The number of likely N-dealkylation sites (tertiary alicyclic amines) is 1. The Kier molecular flexibility index (Phi) is 16.1. The lowest BCUT2D eigenvalue weighted by Crippen LogP contribution is -2.38. The normalized spacial score (nSPS) is 15.8. The smallest absolute Gasteiger partial charge is 0.00912 e. The van der Waals surface area contributed by atoms with Crippen LogP contribution in [0.3, 0.4) is 0 Å². The molecule has 1 fully saturated rings. The molecule has 108 valence electrons. The maximum Gasteiger partial charge on any atom is 0.00912 e. The van der Waals surface area contributed by atoms with E-state index >= 15 is 0 Å². The van der Waals surface area contributed by atoms with E-state index in [4.69, 9.17) is 0 Å². The summed E-state index contributed by atoms with van der Waals surface area (Å²) in [5.41, 5.74) is 0. The molecule has 1 aliphatic rings. The minimum atomic E-state index is 0.728. The molecule has 0 aromatic heterocycles. The van der Waals surface area contributed by atoms with Crippen LogP contribution in [0.4, 0.5) is 0 Å². The molecule has 0 aromatic rings. The summed E-state index contributed by atoms with van der Waals surface area (Å²) in [5, 5.41) is 0. The van der Waals surface area contributed by atoms with Crippen LogP contribution in [-0.4, -0.2) is 24.0 Å².